The van der Waals surface area contributed by atoms with Gasteiger partial charge in [0.15, 0.2) is 0 Å². The van der Waals surface area contributed by atoms with Gasteiger partial charge in [0.05, 0.1) is 26.4 Å². The molecular weight excluding hydrogens is 284 g/mol. The highest BCUT2D eigenvalue weighted by Gasteiger charge is 1.97. The molecule has 126 valence electrons. The summed E-state index contributed by atoms with van der Waals surface area (Å²) in [7, 11) is 1.65. The van der Waals surface area contributed by atoms with E-state index >= 15 is 0 Å². The summed E-state index contributed by atoms with van der Waals surface area (Å²) >= 11 is 0. The lowest BCUT2D eigenvalue weighted by molar-refractivity contribution is 0.0544. The van der Waals surface area contributed by atoms with Crippen LogP contribution in [0.4, 0.5) is 0 Å². The molecule has 5 nitrogen and oxygen atoms in total. The fraction of sp³-hybridized carbons (Fsp3) is 0.647. The van der Waals surface area contributed by atoms with E-state index in [0.29, 0.717) is 39.6 Å². The maximum atomic E-state index is 5.59. The van der Waals surface area contributed by atoms with Crippen molar-refractivity contribution in [2.45, 2.75) is 19.8 Å². The van der Waals surface area contributed by atoms with Crippen molar-refractivity contribution in [2.75, 3.05) is 53.4 Å². The van der Waals surface area contributed by atoms with Crippen molar-refractivity contribution in [2.24, 2.45) is 0 Å². The van der Waals surface area contributed by atoms with Crippen LogP contribution in [0.25, 0.3) is 0 Å². The van der Waals surface area contributed by atoms with Crippen molar-refractivity contribution < 1.29 is 23.7 Å². The molecule has 0 aliphatic rings. The first-order valence-corrected chi connectivity index (χ1v) is 7.87. The number of rotatable bonds is 14. The Bertz CT molecular complexity index is 318. The van der Waals surface area contributed by atoms with Gasteiger partial charge in [-0.2, -0.15) is 0 Å². The molecule has 0 radical (unpaired) electrons. The topological polar surface area (TPSA) is 46.2 Å². The molecule has 0 fully saturated rings. The van der Waals surface area contributed by atoms with Gasteiger partial charge in [-0.3, -0.25) is 0 Å². The molecule has 1 aromatic carbocycles. The summed E-state index contributed by atoms with van der Waals surface area (Å²) in [4.78, 5) is 0. The van der Waals surface area contributed by atoms with Crippen molar-refractivity contribution in [3.05, 3.63) is 24.3 Å². The number of ether oxygens (including phenoxy) is 5. The zero-order chi connectivity index (χ0) is 15.9. The summed E-state index contributed by atoms with van der Waals surface area (Å²) in [5, 5.41) is 0. The van der Waals surface area contributed by atoms with Gasteiger partial charge in [0.2, 0.25) is 0 Å². The van der Waals surface area contributed by atoms with Crippen LogP contribution < -0.4 is 9.47 Å². The molecule has 0 saturated heterocycles. The van der Waals surface area contributed by atoms with E-state index in [9.17, 15) is 0 Å². The van der Waals surface area contributed by atoms with Gasteiger partial charge in [-0.15, -0.1) is 0 Å². The maximum absolute atomic E-state index is 5.59. The molecule has 0 atom stereocenters. The van der Waals surface area contributed by atoms with Crippen molar-refractivity contribution in [3.63, 3.8) is 0 Å². The number of unbranched alkanes of at least 4 members (excludes halogenated alkanes) is 1. The molecule has 0 spiro atoms. The number of hydrogen-bond acceptors (Lipinski definition) is 5. The van der Waals surface area contributed by atoms with Crippen LogP contribution in [0.1, 0.15) is 19.8 Å². The Labute approximate surface area is 133 Å². The predicted molar refractivity (Wildman–Crippen MR) is 85.9 cm³/mol. The van der Waals surface area contributed by atoms with Gasteiger partial charge in [-0.1, -0.05) is 13.3 Å². The average Bonchev–Trinajstić information content (AvgIpc) is 2.55. The highest BCUT2D eigenvalue weighted by molar-refractivity contribution is 5.31. The Morgan fingerprint density at radius 1 is 0.682 bits per heavy atom. The Balaban J connectivity index is 2.07. The summed E-state index contributed by atoms with van der Waals surface area (Å²) in [6.07, 6.45) is 2.25. The van der Waals surface area contributed by atoms with Crippen LogP contribution >= 0.6 is 0 Å². The van der Waals surface area contributed by atoms with Crippen LogP contribution in [-0.2, 0) is 14.2 Å². The molecule has 0 aliphatic carbocycles. The summed E-state index contributed by atoms with van der Waals surface area (Å²) in [5.41, 5.74) is 0. The van der Waals surface area contributed by atoms with Gasteiger partial charge in [-0.25, -0.2) is 0 Å². The molecule has 1 rings (SSSR count). The fourth-order valence-corrected chi connectivity index (χ4v) is 1.66. The predicted octanol–water partition coefficient (Wildman–Crippen LogP) is 2.92. The molecule has 0 saturated carbocycles. The molecular formula is C17H28O5. The quantitative estimate of drug-likeness (QED) is 0.494. The van der Waals surface area contributed by atoms with Crippen LogP contribution in [0, 0.1) is 0 Å². The lowest BCUT2D eigenvalue weighted by atomic mass is 10.3. The standard InChI is InChI=1S/C17H28O5/c1-3-4-9-19-12-14-21-16-5-7-17(8-6-16)22-15-13-20-11-10-18-2/h5-8H,3-4,9-15H2,1-2H3. The fourth-order valence-electron chi connectivity index (χ4n) is 1.66. The number of benzene rings is 1. The highest BCUT2D eigenvalue weighted by Crippen LogP contribution is 2.17. The molecule has 1 aromatic rings. The lowest BCUT2D eigenvalue weighted by Crippen LogP contribution is -2.10. The molecule has 0 N–H and O–H groups in total. The minimum atomic E-state index is 0.523. The first kappa shape index (κ1) is 18.7. The Kier molecular flexibility index (Phi) is 11.4. The zero-order valence-corrected chi connectivity index (χ0v) is 13.7. The van der Waals surface area contributed by atoms with Gasteiger partial charge in [-0.05, 0) is 30.7 Å². The van der Waals surface area contributed by atoms with Crippen LogP contribution in [0.15, 0.2) is 24.3 Å². The molecule has 0 heterocycles. The van der Waals surface area contributed by atoms with Crippen LogP contribution in [0.3, 0.4) is 0 Å². The van der Waals surface area contributed by atoms with E-state index in [2.05, 4.69) is 6.92 Å². The van der Waals surface area contributed by atoms with Crippen LogP contribution in [-0.4, -0.2) is 53.4 Å². The number of hydrogen-bond donors (Lipinski definition) is 0. The molecule has 0 aromatic heterocycles. The zero-order valence-electron chi connectivity index (χ0n) is 13.7. The molecule has 0 unspecified atom stereocenters. The van der Waals surface area contributed by atoms with Crippen LogP contribution in [0.2, 0.25) is 0 Å². The summed E-state index contributed by atoms with van der Waals surface area (Å²) in [6, 6.07) is 7.57. The minimum absolute atomic E-state index is 0.523. The van der Waals surface area contributed by atoms with E-state index in [1.807, 2.05) is 24.3 Å². The minimum Gasteiger partial charge on any atom is -0.491 e. The largest absolute Gasteiger partial charge is 0.491 e. The third kappa shape index (κ3) is 9.60. The van der Waals surface area contributed by atoms with E-state index in [1.165, 1.54) is 0 Å². The van der Waals surface area contributed by atoms with Gasteiger partial charge in [0, 0.05) is 13.7 Å². The maximum Gasteiger partial charge on any atom is 0.119 e. The Hall–Kier alpha value is -1.30. The van der Waals surface area contributed by atoms with E-state index < -0.39 is 0 Å². The average molecular weight is 312 g/mol. The highest BCUT2D eigenvalue weighted by atomic mass is 16.5. The van der Waals surface area contributed by atoms with Crippen molar-refractivity contribution in [3.8, 4) is 11.5 Å². The van der Waals surface area contributed by atoms with Crippen molar-refractivity contribution in [1.82, 2.24) is 0 Å². The van der Waals surface area contributed by atoms with Crippen LogP contribution in [0.5, 0.6) is 11.5 Å². The smallest absolute Gasteiger partial charge is 0.119 e. The monoisotopic (exact) mass is 312 g/mol. The third-order valence-corrected chi connectivity index (χ3v) is 2.89. The molecule has 0 amide bonds. The van der Waals surface area contributed by atoms with E-state index in [4.69, 9.17) is 23.7 Å². The van der Waals surface area contributed by atoms with Gasteiger partial charge >= 0.3 is 0 Å². The van der Waals surface area contributed by atoms with Gasteiger partial charge < -0.3 is 23.7 Å². The van der Waals surface area contributed by atoms with E-state index in [1.54, 1.807) is 7.11 Å². The molecule has 22 heavy (non-hydrogen) atoms. The van der Waals surface area contributed by atoms with Gasteiger partial charge in [0.1, 0.15) is 24.7 Å². The SMILES string of the molecule is CCCCOCCOc1ccc(OCCOCCOC)cc1. The Morgan fingerprint density at radius 2 is 1.18 bits per heavy atom. The van der Waals surface area contributed by atoms with E-state index in [-0.39, 0.29) is 0 Å². The van der Waals surface area contributed by atoms with Crippen molar-refractivity contribution >= 4 is 0 Å². The van der Waals surface area contributed by atoms with E-state index in [0.717, 1.165) is 30.9 Å². The van der Waals surface area contributed by atoms with Crippen molar-refractivity contribution in [1.29, 1.82) is 0 Å². The number of methoxy groups -OCH3 is 1. The van der Waals surface area contributed by atoms with Gasteiger partial charge in [0.25, 0.3) is 0 Å². The summed E-state index contributed by atoms with van der Waals surface area (Å²) < 4.78 is 26.8. The second-order valence-corrected chi connectivity index (χ2v) is 4.74. The summed E-state index contributed by atoms with van der Waals surface area (Å²) in [5.74, 6) is 1.63. The third-order valence-electron chi connectivity index (χ3n) is 2.89. The molecule has 0 aliphatic heterocycles. The first-order chi connectivity index (χ1) is 10.9. The lowest BCUT2D eigenvalue weighted by Gasteiger charge is -2.09. The molecule has 5 heteroatoms. The second kappa shape index (κ2) is 13.4. The summed E-state index contributed by atoms with van der Waals surface area (Å²) in [6.45, 7) is 6.41. The second-order valence-electron chi connectivity index (χ2n) is 4.74. The normalized spacial score (nSPS) is 10.6. The first-order valence-electron chi connectivity index (χ1n) is 7.87. The molecule has 0 bridgehead atoms. The Morgan fingerprint density at radius 3 is 1.68 bits per heavy atom.